The quantitative estimate of drug-likeness (QED) is 0.562. The van der Waals surface area contributed by atoms with Gasteiger partial charge in [0.05, 0.1) is 32.5 Å². The van der Waals surface area contributed by atoms with Crippen LogP contribution in [0.4, 0.5) is 4.39 Å². The van der Waals surface area contributed by atoms with Crippen LogP contribution in [0.25, 0.3) is 0 Å². The van der Waals surface area contributed by atoms with Crippen LogP contribution in [0.5, 0.6) is 5.75 Å². The van der Waals surface area contributed by atoms with Crippen molar-refractivity contribution in [3.05, 3.63) is 65.0 Å². The molecule has 4 rings (SSSR count). The maximum absolute atomic E-state index is 13.8. The molecule has 1 spiro atoms. The fourth-order valence-corrected chi connectivity index (χ4v) is 5.52. The second-order valence-corrected chi connectivity index (χ2v) is 9.17. The molecule has 1 heterocycles. The third kappa shape index (κ3) is 4.83. The van der Waals surface area contributed by atoms with Crippen LogP contribution < -0.4 is 10.1 Å². The van der Waals surface area contributed by atoms with E-state index in [1.54, 1.807) is 13.2 Å². The molecule has 1 aliphatic heterocycles. The largest absolute Gasteiger partial charge is 0.494 e. The standard InChI is InChI=1S/C27H35FN2O4/c1-4-24(31)29-25-20-7-5-6-8-21(20)27(26(25)34-16-15-32-2)11-13-30(14-12-27)18-19-9-10-22(28)23(17-19)33-3/h5-10,17,25-26H,4,11-16,18H2,1-3H3,(H,29,31)/t25-,26+/m1/s1. The van der Waals surface area contributed by atoms with Gasteiger partial charge in [-0.25, -0.2) is 4.39 Å². The van der Waals surface area contributed by atoms with Crippen LogP contribution in [0.2, 0.25) is 0 Å². The Bertz CT molecular complexity index is 990. The lowest BCUT2D eigenvalue weighted by Gasteiger charge is -2.44. The smallest absolute Gasteiger partial charge is 0.220 e. The molecule has 1 amide bonds. The predicted molar refractivity (Wildman–Crippen MR) is 128 cm³/mol. The van der Waals surface area contributed by atoms with Gasteiger partial charge in [0.15, 0.2) is 11.6 Å². The van der Waals surface area contributed by atoms with E-state index in [4.69, 9.17) is 14.2 Å². The molecule has 0 aromatic heterocycles. The Labute approximate surface area is 201 Å². The molecular weight excluding hydrogens is 435 g/mol. The van der Waals surface area contributed by atoms with Crippen molar-refractivity contribution in [1.29, 1.82) is 0 Å². The van der Waals surface area contributed by atoms with Gasteiger partial charge in [0, 0.05) is 25.5 Å². The van der Waals surface area contributed by atoms with E-state index in [2.05, 4.69) is 28.4 Å². The first-order valence-corrected chi connectivity index (χ1v) is 12.1. The molecule has 2 aromatic rings. The summed E-state index contributed by atoms with van der Waals surface area (Å²) in [5.74, 6) is -0.0423. The number of piperidine rings is 1. The first-order valence-electron chi connectivity index (χ1n) is 12.1. The first kappa shape index (κ1) is 24.6. The molecule has 0 bridgehead atoms. The Kier molecular flexibility index (Phi) is 7.86. The molecule has 6 nitrogen and oxygen atoms in total. The van der Waals surface area contributed by atoms with Gasteiger partial charge in [-0.2, -0.15) is 0 Å². The summed E-state index contributed by atoms with van der Waals surface area (Å²) < 4.78 is 30.7. The molecule has 7 heteroatoms. The minimum absolute atomic E-state index is 0.0277. The summed E-state index contributed by atoms with van der Waals surface area (Å²) in [5, 5.41) is 3.23. The lowest BCUT2D eigenvalue weighted by molar-refractivity contribution is -0.124. The molecule has 0 unspecified atom stereocenters. The number of benzene rings is 2. The maximum atomic E-state index is 13.8. The van der Waals surface area contributed by atoms with E-state index >= 15 is 0 Å². The van der Waals surface area contributed by atoms with Gasteiger partial charge in [0.1, 0.15) is 0 Å². The first-order chi connectivity index (χ1) is 16.5. The van der Waals surface area contributed by atoms with E-state index in [-0.39, 0.29) is 35.0 Å². The van der Waals surface area contributed by atoms with E-state index in [1.165, 1.54) is 18.7 Å². The number of methoxy groups -OCH3 is 2. The lowest BCUT2D eigenvalue weighted by Crippen LogP contribution is -2.51. The van der Waals surface area contributed by atoms with Crippen molar-refractivity contribution in [3.8, 4) is 5.75 Å². The number of ether oxygens (including phenoxy) is 3. The molecule has 2 atom stereocenters. The highest BCUT2D eigenvalue weighted by Crippen LogP contribution is 2.52. The highest BCUT2D eigenvalue weighted by molar-refractivity contribution is 5.76. The molecule has 1 saturated heterocycles. The summed E-state index contributed by atoms with van der Waals surface area (Å²) >= 11 is 0. The molecule has 1 aliphatic carbocycles. The zero-order valence-corrected chi connectivity index (χ0v) is 20.3. The lowest BCUT2D eigenvalue weighted by atomic mass is 9.71. The minimum atomic E-state index is -0.345. The van der Waals surface area contributed by atoms with Gasteiger partial charge in [0.25, 0.3) is 0 Å². The van der Waals surface area contributed by atoms with Crippen molar-refractivity contribution < 1.29 is 23.4 Å². The van der Waals surface area contributed by atoms with E-state index in [1.807, 2.05) is 19.1 Å². The summed E-state index contributed by atoms with van der Waals surface area (Å²) in [6.45, 7) is 5.36. The Hall–Kier alpha value is -2.48. The zero-order chi connectivity index (χ0) is 24.1. The molecule has 0 saturated carbocycles. The average molecular weight is 471 g/mol. The molecular formula is C27H35FN2O4. The van der Waals surface area contributed by atoms with Crippen LogP contribution in [0, 0.1) is 5.82 Å². The number of amides is 1. The van der Waals surface area contributed by atoms with Crippen LogP contribution in [-0.4, -0.2) is 57.4 Å². The number of carbonyl (C=O) groups excluding carboxylic acids is 1. The van der Waals surface area contributed by atoms with E-state index in [9.17, 15) is 9.18 Å². The van der Waals surface area contributed by atoms with Crippen LogP contribution in [0.15, 0.2) is 42.5 Å². The number of hydrogen-bond acceptors (Lipinski definition) is 5. The van der Waals surface area contributed by atoms with E-state index in [0.717, 1.165) is 43.6 Å². The monoisotopic (exact) mass is 470 g/mol. The van der Waals surface area contributed by atoms with Gasteiger partial charge >= 0.3 is 0 Å². The Morgan fingerprint density at radius 3 is 2.62 bits per heavy atom. The molecule has 34 heavy (non-hydrogen) atoms. The number of fused-ring (bicyclic) bond motifs is 2. The number of hydrogen-bond donors (Lipinski definition) is 1. The minimum Gasteiger partial charge on any atom is -0.494 e. The van der Waals surface area contributed by atoms with Gasteiger partial charge in [-0.05, 0) is 54.8 Å². The van der Waals surface area contributed by atoms with E-state index in [0.29, 0.717) is 19.6 Å². The number of likely N-dealkylation sites (tertiary alicyclic amines) is 1. The summed E-state index contributed by atoms with van der Waals surface area (Å²) in [6.07, 6.45) is 2.12. The van der Waals surface area contributed by atoms with Crippen molar-refractivity contribution in [2.75, 3.05) is 40.5 Å². The average Bonchev–Trinajstić information content (AvgIpc) is 3.10. The van der Waals surface area contributed by atoms with Crippen molar-refractivity contribution in [2.24, 2.45) is 0 Å². The molecule has 2 aliphatic rings. The van der Waals surface area contributed by atoms with Crippen molar-refractivity contribution in [2.45, 2.75) is 50.3 Å². The normalized spacial score (nSPS) is 21.4. The van der Waals surface area contributed by atoms with Crippen molar-refractivity contribution in [3.63, 3.8) is 0 Å². The fraction of sp³-hybridized carbons (Fsp3) is 0.519. The summed E-state index contributed by atoms with van der Waals surface area (Å²) in [5.41, 5.74) is 3.29. The summed E-state index contributed by atoms with van der Waals surface area (Å²) in [4.78, 5) is 14.8. The molecule has 1 fully saturated rings. The maximum Gasteiger partial charge on any atom is 0.220 e. The van der Waals surface area contributed by atoms with Gasteiger partial charge in [-0.3, -0.25) is 9.69 Å². The molecule has 2 aromatic carbocycles. The number of nitrogens with zero attached hydrogens (tertiary/aromatic N) is 1. The Morgan fingerprint density at radius 1 is 1.15 bits per heavy atom. The van der Waals surface area contributed by atoms with Crippen LogP contribution in [-0.2, 0) is 26.2 Å². The number of nitrogens with one attached hydrogen (secondary N) is 1. The third-order valence-electron chi connectivity index (χ3n) is 7.27. The van der Waals surface area contributed by atoms with Gasteiger partial charge in [-0.1, -0.05) is 37.3 Å². The number of carbonyl (C=O) groups is 1. The van der Waals surface area contributed by atoms with Crippen LogP contribution in [0.1, 0.15) is 48.9 Å². The van der Waals surface area contributed by atoms with Gasteiger partial charge in [0.2, 0.25) is 5.91 Å². The molecule has 0 radical (unpaired) electrons. The predicted octanol–water partition coefficient (Wildman–Crippen LogP) is 3.98. The number of halogens is 1. The second-order valence-electron chi connectivity index (χ2n) is 9.17. The second kappa shape index (κ2) is 10.8. The molecule has 184 valence electrons. The SMILES string of the molecule is CCC(=O)N[C@@H]1c2ccccc2C2(CCN(Cc3ccc(F)c(OC)c3)CC2)[C@H]1OCCOC. The van der Waals surface area contributed by atoms with Gasteiger partial charge < -0.3 is 19.5 Å². The zero-order valence-electron chi connectivity index (χ0n) is 20.3. The summed E-state index contributed by atoms with van der Waals surface area (Å²) in [6, 6.07) is 13.3. The third-order valence-corrected chi connectivity index (χ3v) is 7.27. The molecule has 1 N–H and O–H groups in total. The Morgan fingerprint density at radius 2 is 1.91 bits per heavy atom. The fourth-order valence-electron chi connectivity index (χ4n) is 5.52. The van der Waals surface area contributed by atoms with Crippen LogP contribution in [0.3, 0.4) is 0 Å². The van der Waals surface area contributed by atoms with Crippen molar-refractivity contribution in [1.82, 2.24) is 10.2 Å². The topological polar surface area (TPSA) is 60.0 Å². The van der Waals surface area contributed by atoms with Gasteiger partial charge in [-0.15, -0.1) is 0 Å². The Balaban J connectivity index is 1.56. The highest BCUT2D eigenvalue weighted by atomic mass is 19.1. The van der Waals surface area contributed by atoms with E-state index < -0.39 is 0 Å². The van der Waals surface area contributed by atoms with Crippen molar-refractivity contribution >= 4 is 5.91 Å². The highest BCUT2D eigenvalue weighted by Gasteiger charge is 2.54. The van der Waals surface area contributed by atoms with Crippen LogP contribution >= 0.6 is 0 Å². The summed E-state index contributed by atoms with van der Waals surface area (Å²) in [7, 11) is 3.16. The number of rotatable bonds is 9.